The lowest BCUT2D eigenvalue weighted by atomic mass is 10.1. The van der Waals surface area contributed by atoms with Gasteiger partial charge in [-0.1, -0.05) is 12.1 Å². The summed E-state index contributed by atoms with van der Waals surface area (Å²) in [5.41, 5.74) is 0.0258. The van der Waals surface area contributed by atoms with E-state index >= 15 is 0 Å². The third-order valence-corrected chi connectivity index (χ3v) is 6.78. The maximum Gasteiger partial charge on any atom is 0.282 e. The first-order valence-corrected chi connectivity index (χ1v) is 9.77. The molecule has 0 N–H and O–H groups in total. The van der Waals surface area contributed by atoms with Gasteiger partial charge in [-0.25, -0.2) is 4.39 Å². The Hall–Kier alpha value is -1.55. The number of carbonyl (C=O) groups excluding carboxylic acids is 1. The van der Waals surface area contributed by atoms with Gasteiger partial charge in [-0.05, 0) is 19.2 Å². The van der Waals surface area contributed by atoms with Crippen LogP contribution in [0.3, 0.4) is 0 Å². The Morgan fingerprint density at radius 2 is 1.44 bits per heavy atom. The lowest BCUT2D eigenvalue weighted by Crippen LogP contribution is -2.57. The van der Waals surface area contributed by atoms with Crippen molar-refractivity contribution in [2.24, 2.45) is 0 Å². The van der Waals surface area contributed by atoms with Crippen molar-refractivity contribution in [2.75, 3.05) is 59.4 Å². The summed E-state index contributed by atoms with van der Waals surface area (Å²) in [7, 11) is -1.53. The van der Waals surface area contributed by atoms with Crippen LogP contribution in [0, 0.1) is 5.82 Å². The standard InChI is InChI=1S/C16H23FN4O3S/c1-18-6-10-20(11-7-18)25(23,24)21-12-8-19(9-13-21)16(22)14-4-2-3-5-15(14)17/h2-5H,6-13H2,1H3. The van der Waals surface area contributed by atoms with Crippen LogP contribution < -0.4 is 0 Å². The Balaban J connectivity index is 1.62. The van der Waals surface area contributed by atoms with Gasteiger partial charge in [0.25, 0.3) is 16.1 Å². The van der Waals surface area contributed by atoms with E-state index in [1.54, 1.807) is 6.07 Å². The normalized spacial score (nSPS) is 21.4. The van der Waals surface area contributed by atoms with E-state index in [4.69, 9.17) is 0 Å². The maximum absolute atomic E-state index is 13.8. The molecule has 0 bridgehead atoms. The summed E-state index contributed by atoms with van der Waals surface area (Å²) in [5.74, 6) is -0.949. The zero-order valence-corrected chi connectivity index (χ0v) is 15.1. The highest BCUT2D eigenvalue weighted by Crippen LogP contribution is 2.17. The third-order valence-electron chi connectivity index (χ3n) is 4.74. The van der Waals surface area contributed by atoms with Gasteiger partial charge in [-0.3, -0.25) is 4.79 Å². The monoisotopic (exact) mass is 370 g/mol. The summed E-state index contributed by atoms with van der Waals surface area (Å²) in [5, 5.41) is 0. The van der Waals surface area contributed by atoms with E-state index in [1.165, 1.54) is 31.7 Å². The average molecular weight is 370 g/mol. The molecule has 1 amide bonds. The van der Waals surface area contributed by atoms with E-state index in [9.17, 15) is 17.6 Å². The van der Waals surface area contributed by atoms with Crippen molar-refractivity contribution in [1.29, 1.82) is 0 Å². The predicted molar refractivity (Wildman–Crippen MR) is 91.9 cm³/mol. The molecular formula is C16H23FN4O3S. The second-order valence-electron chi connectivity index (χ2n) is 6.38. The molecule has 0 atom stereocenters. The van der Waals surface area contributed by atoms with Gasteiger partial charge in [0.05, 0.1) is 5.56 Å². The lowest BCUT2D eigenvalue weighted by Gasteiger charge is -2.39. The molecule has 0 spiro atoms. The number of benzene rings is 1. The van der Waals surface area contributed by atoms with E-state index in [-0.39, 0.29) is 31.7 Å². The molecule has 2 aliphatic rings. The van der Waals surface area contributed by atoms with Crippen LogP contribution in [0.25, 0.3) is 0 Å². The Morgan fingerprint density at radius 3 is 2.00 bits per heavy atom. The van der Waals surface area contributed by atoms with Gasteiger partial charge in [0, 0.05) is 52.4 Å². The van der Waals surface area contributed by atoms with E-state index in [2.05, 4.69) is 4.90 Å². The SMILES string of the molecule is CN1CCN(S(=O)(=O)N2CCN(C(=O)c3ccccc3F)CC2)CC1. The van der Waals surface area contributed by atoms with Gasteiger partial charge in [0.2, 0.25) is 0 Å². The number of likely N-dealkylation sites (N-methyl/N-ethyl adjacent to an activating group) is 1. The third kappa shape index (κ3) is 3.84. The molecule has 2 fully saturated rings. The fourth-order valence-corrected chi connectivity index (χ4v) is 4.69. The van der Waals surface area contributed by atoms with Gasteiger partial charge >= 0.3 is 0 Å². The van der Waals surface area contributed by atoms with Crippen LogP contribution >= 0.6 is 0 Å². The molecule has 0 radical (unpaired) electrons. The van der Waals surface area contributed by atoms with Crippen molar-refractivity contribution >= 4 is 16.1 Å². The number of nitrogens with zero attached hydrogens (tertiary/aromatic N) is 4. The first kappa shape index (κ1) is 18.2. The fraction of sp³-hybridized carbons (Fsp3) is 0.562. The number of carbonyl (C=O) groups is 1. The molecule has 2 saturated heterocycles. The topological polar surface area (TPSA) is 64.2 Å². The summed E-state index contributed by atoms with van der Waals surface area (Å²) >= 11 is 0. The first-order chi connectivity index (χ1) is 11.9. The van der Waals surface area contributed by atoms with Crippen LogP contribution in [0.5, 0.6) is 0 Å². The Kier molecular flexibility index (Phi) is 5.38. The summed E-state index contributed by atoms with van der Waals surface area (Å²) in [6, 6.07) is 5.85. The molecule has 0 aliphatic carbocycles. The van der Waals surface area contributed by atoms with E-state index < -0.39 is 21.9 Å². The van der Waals surface area contributed by atoms with Gasteiger partial charge in [-0.15, -0.1) is 0 Å². The van der Waals surface area contributed by atoms with Crippen LogP contribution in [0.15, 0.2) is 24.3 Å². The van der Waals surface area contributed by atoms with Crippen molar-refractivity contribution in [3.63, 3.8) is 0 Å². The molecule has 25 heavy (non-hydrogen) atoms. The minimum absolute atomic E-state index is 0.0258. The van der Waals surface area contributed by atoms with Gasteiger partial charge in [0.15, 0.2) is 0 Å². The van der Waals surface area contributed by atoms with Crippen molar-refractivity contribution < 1.29 is 17.6 Å². The Morgan fingerprint density at radius 1 is 0.920 bits per heavy atom. The molecule has 138 valence electrons. The lowest BCUT2D eigenvalue weighted by molar-refractivity contribution is 0.0687. The second kappa shape index (κ2) is 7.36. The molecule has 1 aromatic rings. The number of halogens is 1. The van der Waals surface area contributed by atoms with Gasteiger partial charge in [-0.2, -0.15) is 17.0 Å². The number of amides is 1. The van der Waals surface area contributed by atoms with Crippen LogP contribution in [0.2, 0.25) is 0 Å². The smallest absolute Gasteiger partial charge is 0.282 e. The zero-order valence-electron chi connectivity index (χ0n) is 14.3. The minimum Gasteiger partial charge on any atom is -0.336 e. The van der Waals surface area contributed by atoms with Crippen LogP contribution in [-0.2, 0) is 10.2 Å². The van der Waals surface area contributed by atoms with Crippen LogP contribution in [-0.4, -0.2) is 92.1 Å². The average Bonchev–Trinajstić information content (AvgIpc) is 2.62. The van der Waals surface area contributed by atoms with E-state index in [0.29, 0.717) is 26.2 Å². The summed E-state index contributed by atoms with van der Waals surface area (Å²) in [6.07, 6.45) is 0. The predicted octanol–water partition coefficient (Wildman–Crippen LogP) is 0.0757. The van der Waals surface area contributed by atoms with Crippen molar-refractivity contribution in [3.05, 3.63) is 35.6 Å². The molecule has 9 heteroatoms. The molecule has 0 unspecified atom stereocenters. The molecular weight excluding hydrogens is 347 g/mol. The molecule has 3 rings (SSSR count). The highest BCUT2D eigenvalue weighted by molar-refractivity contribution is 7.86. The molecule has 2 aliphatic heterocycles. The summed E-state index contributed by atoms with van der Waals surface area (Å²) in [6.45, 7) is 3.38. The fourth-order valence-electron chi connectivity index (χ4n) is 3.11. The van der Waals surface area contributed by atoms with Crippen LogP contribution in [0.4, 0.5) is 4.39 Å². The highest BCUT2D eigenvalue weighted by atomic mass is 32.2. The number of piperazine rings is 2. The Labute approximate surface area is 147 Å². The molecule has 0 saturated carbocycles. The van der Waals surface area contributed by atoms with Crippen molar-refractivity contribution in [2.45, 2.75) is 0 Å². The van der Waals surface area contributed by atoms with Gasteiger partial charge in [0.1, 0.15) is 5.82 Å². The summed E-state index contributed by atoms with van der Waals surface area (Å²) in [4.78, 5) is 16.0. The first-order valence-electron chi connectivity index (χ1n) is 8.37. The van der Waals surface area contributed by atoms with Crippen molar-refractivity contribution in [1.82, 2.24) is 18.4 Å². The highest BCUT2D eigenvalue weighted by Gasteiger charge is 2.35. The molecule has 7 nitrogen and oxygen atoms in total. The quantitative estimate of drug-likeness (QED) is 0.756. The number of rotatable bonds is 3. The minimum atomic E-state index is -3.50. The van der Waals surface area contributed by atoms with E-state index in [0.717, 1.165) is 0 Å². The molecule has 0 aromatic heterocycles. The second-order valence-corrected chi connectivity index (χ2v) is 8.31. The van der Waals surface area contributed by atoms with E-state index in [1.807, 2.05) is 7.05 Å². The summed E-state index contributed by atoms with van der Waals surface area (Å²) < 4.78 is 42.1. The van der Waals surface area contributed by atoms with Gasteiger partial charge < -0.3 is 9.80 Å². The van der Waals surface area contributed by atoms with Crippen LogP contribution in [0.1, 0.15) is 10.4 Å². The maximum atomic E-state index is 13.8. The van der Waals surface area contributed by atoms with Crippen molar-refractivity contribution in [3.8, 4) is 0 Å². The zero-order chi connectivity index (χ0) is 18.0. The Bertz CT molecular complexity index is 727. The molecule has 1 aromatic carbocycles. The number of hydrogen-bond acceptors (Lipinski definition) is 4. The largest absolute Gasteiger partial charge is 0.336 e. The molecule has 2 heterocycles. The number of hydrogen-bond donors (Lipinski definition) is 0.